The smallest absolute Gasteiger partial charge is 0.261 e. The summed E-state index contributed by atoms with van der Waals surface area (Å²) in [5.74, 6) is -0.391. The summed E-state index contributed by atoms with van der Waals surface area (Å²) in [4.78, 5) is 26.3. The highest BCUT2D eigenvalue weighted by atomic mass is 16.5. The van der Waals surface area contributed by atoms with Crippen LogP contribution >= 0.6 is 0 Å². The fraction of sp³-hybridized carbons (Fsp3) is 0.300. The number of hydrogen-bond donors (Lipinski definition) is 1. The number of ether oxygens (including phenoxy) is 1. The Hall–Kier alpha value is -2.50. The highest BCUT2D eigenvalue weighted by Gasteiger charge is 2.41. The van der Waals surface area contributed by atoms with Gasteiger partial charge in [-0.2, -0.15) is 0 Å². The van der Waals surface area contributed by atoms with E-state index in [9.17, 15) is 9.59 Å². The standard InChI is InChI=1S/C20H20N2O3/c23-18-16-8-4-5-9-17(16)19(24)22(18)11-10-20(13-25-14-20)21-12-15-6-2-1-3-7-15/h1-9,21H,10-14H2. The molecule has 2 aliphatic rings. The second-order valence-electron chi connectivity index (χ2n) is 6.67. The second-order valence-corrected chi connectivity index (χ2v) is 6.67. The minimum atomic E-state index is -0.195. The van der Waals surface area contributed by atoms with E-state index in [1.165, 1.54) is 10.5 Å². The number of nitrogens with one attached hydrogen (secondary N) is 1. The van der Waals surface area contributed by atoms with Gasteiger partial charge < -0.3 is 10.1 Å². The van der Waals surface area contributed by atoms with Gasteiger partial charge in [-0.15, -0.1) is 0 Å². The first-order chi connectivity index (χ1) is 12.2. The molecule has 0 spiro atoms. The highest BCUT2D eigenvalue weighted by molar-refractivity contribution is 6.21. The summed E-state index contributed by atoms with van der Waals surface area (Å²) in [7, 11) is 0. The fourth-order valence-corrected chi connectivity index (χ4v) is 3.34. The number of carbonyl (C=O) groups is 2. The Kier molecular flexibility index (Phi) is 4.11. The predicted molar refractivity (Wildman–Crippen MR) is 93.3 cm³/mol. The molecule has 1 fully saturated rings. The van der Waals surface area contributed by atoms with Crippen molar-refractivity contribution in [3.63, 3.8) is 0 Å². The van der Waals surface area contributed by atoms with E-state index in [1.807, 2.05) is 18.2 Å². The fourth-order valence-electron chi connectivity index (χ4n) is 3.34. The lowest BCUT2D eigenvalue weighted by molar-refractivity contribution is -0.0807. The van der Waals surface area contributed by atoms with E-state index >= 15 is 0 Å². The molecule has 1 N–H and O–H groups in total. The van der Waals surface area contributed by atoms with Crippen molar-refractivity contribution in [2.24, 2.45) is 0 Å². The van der Waals surface area contributed by atoms with Gasteiger partial charge in [0.2, 0.25) is 0 Å². The van der Waals surface area contributed by atoms with Crippen LogP contribution in [0.5, 0.6) is 0 Å². The molecule has 5 nitrogen and oxygen atoms in total. The number of fused-ring (bicyclic) bond motifs is 1. The number of benzene rings is 2. The number of nitrogens with zero attached hydrogens (tertiary/aromatic N) is 1. The average molecular weight is 336 g/mol. The highest BCUT2D eigenvalue weighted by Crippen LogP contribution is 2.27. The zero-order valence-electron chi connectivity index (χ0n) is 13.9. The lowest BCUT2D eigenvalue weighted by Gasteiger charge is -2.43. The van der Waals surface area contributed by atoms with Crippen LogP contribution in [0.25, 0.3) is 0 Å². The minimum Gasteiger partial charge on any atom is -0.377 e. The Morgan fingerprint density at radius 1 is 0.920 bits per heavy atom. The molecule has 0 atom stereocenters. The zero-order chi connectivity index (χ0) is 17.3. The second kappa shape index (κ2) is 6.43. The molecule has 0 aromatic heterocycles. The Morgan fingerprint density at radius 3 is 2.08 bits per heavy atom. The van der Waals surface area contributed by atoms with E-state index < -0.39 is 0 Å². The van der Waals surface area contributed by atoms with Crippen LogP contribution in [0.4, 0.5) is 0 Å². The molecule has 1 saturated heterocycles. The number of rotatable bonds is 6. The molecule has 2 heterocycles. The van der Waals surface area contributed by atoms with Crippen molar-refractivity contribution in [2.75, 3.05) is 19.8 Å². The maximum absolute atomic E-state index is 12.5. The molecular formula is C20H20N2O3. The summed E-state index contributed by atoms with van der Waals surface area (Å²) in [5, 5.41) is 3.55. The summed E-state index contributed by atoms with van der Waals surface area (Å²) in [6.45, 7) is 2.34. The molecular weight excluding hydrogens is 316 g/mol. The van der Waals surface area contributed by atoms with Gasteiger partial charge in [0.25, 0.3) is 11.8 Å². The number of imide groups is 1. The topological polar surface area (TPSA) is 58.6 Å². The van der Waals surface area contributed by atoms with E-state index in [0.29, 0.717) is 37.3 Å². The molecule has 2 aromatic carbocycles. The normalized spacial score (nSPS) is 18.2. The van der Waals surface area contributed by atoms with Crippen LogP contribution in [-0.4, -0.2) is 42.0 Å². The predicted octanol–water partition coefficient (Wildman–Crippen LogP) is 2.23. The van der Waals surface area contributed by atoms with Gasteiger partial charge >= 0.3 is 0 Å². The SMILES string of the molecule is O=C1c2ccccc2C(=O)N1CCC1(NCc2ccccc2)COC1. The zero-order valence-corrected chi connectivity index (χ0v) is 13.9. The van der Waals surface area contributed by atoms with Crippen molar-refractivity contribution in [2.45, 2.75) is 18.5 Å². The van der Waals surface area contributed by atoms with Crippen molar-refractivity contribution in [3.8, 4) is 0 Å². The van der Waals surface area contributed by atoms with Crippen LogP contribution in [0.15, 0.2) is 54.6 Å². The summed E-state index contributed by atoms with van der Waals surface area (Å²) in [6, 6.07) is 17.2. The summed E-state index contributed by atoms with van der Waals surface area (Å²) in [5.41, 5.74) is 2.03. The van der Waals surface area contributed by atoms with Crippen LogP contribution in [-0.2, 0) is 11.3 Å². The van der Waals surface area contributed by atoms with Crippen LogP contribution in [0, 0.1) is 0 Å². The third-order valence-corrected chi connectivity index (χ3v) is 4.96. The molecule has 4 rings (SSSR count). The van der Waals surface area contributed by atoms with Gasteiger partial charge in [0.1, 0.15) is 0 Å². The van der Waals surface area contributed by atoms with Crippen molar-refractivity contribution < 1.29 is 14.3 Å². The number of amides is 2. The minimum absolute atomic E-state index is 0.175. The molecule has 0 unspecified atom stereocenters. The lowest BCUT2D eigenvalue weighted by Crippen LogP contribution is -2.61. The molecule has 25 heavy (non-hydrogen) atoms. The summed E-state index contributed by atoms with van der Waals surface area (Å²) in [6.07, 6.45) is 0.686. The third kappa shape index (κ3) is 2.97. The Labute approximate surface area is 146 Å². The summed E-state index contributed by atoms with van der Waals surface area (Å²) < 4.78 is 5.41. The van der Waals surface area contributed by atoms with Crippen LogP contribution in [0.1, 0.15) is 32.7 Å². The molecule has 0 aliphatic carbocycles. The maximum atomic E-state index is 12.5. The molecule has 0 saturated carbocycles. The van der Waals surface area contributed by atoms with Gasteiger partial charge in [-0.1, -0.05) is 42.5 Å². The maximum Gasteiger partial charge on any atom is 0.261 e. The van der Waals surface area contributed by atoms with E-state index in [4.69, 9.17) is 4.74 Å². The lowest BCUT2D eigenvalue weighted by atomic mass is 9.92. The third-order valence-electron chi connectivity index (χ3n) is 4.96. The molecule has 5 heteroatoms. The summed E-state index contributed by atoms with van der Waals surface area (Å²) >= 11 is 0. The van der Waals surface area contributed by atoms with Crippen molar-refractivity contribution in [3.05, 3.63) is 71.3 Å². The molecule has 0 bridgehead atoms. The Balaban J connectivity index is 1.40. The Morgan fingerprint density at radius 2 is 1.52 bits per heavy atom. The first-order valence-electron chi connectivity index (χ1n) is 8.50. The van der Waals surface area contributed by atoms with Gasteiger partial charge in [0.15, 0.2) is 0 Å². The largest absolute Gasteiger partial charge is 0.377 e. The molecule has 128 valence electrons. The van der Waals surface area contributed by atoms with E-state index in [1.54, 1.807) is 24.3 Å². The number of hydrogen-bond acceptors (Lipinski definition) is 4. The Bertz CT molecular complexity index is 765. The first kappa shape index (κ1) is 16.0. The van der Waals surface area contributed by atoms with Crippen LogP contribution in [0.2, 0.25) is 0 Å². The van der Waals surface area contributed by atoms with Gasteiger partial charge in [-0.05, 0) is 24.1 Å². The van der Waals surface area contributed by atoms with E-state index in [-0.39, 0.29) is 17.4 Å². The van der Waals surface area contributed by atoms with E-state index in [2.05, 4.69) is 17.4 Å². The monoisotopic (exact) mass is 336 g/mol. The molecule has 2 aliphatic heterocycles. The van der Waals surface area contributed by atoms with Crippen molar-refractivity contribution in [1.82, 2.24) is 10.2 Å². The van der Waals surface area contributed by atoms with Crippen molar-refractivity contribution in [1.29, 1.82) is 0 Å². The van der Waals surface area contributed by atoms with Crippen molar-refractivity contribution >= 4 is 11.8 Å². The number of carbonyl (C=O) groups excluding carboxylic acids is 2. The van der Waals surface area contributed by atoms with Gasteiger partial charge in [-0.3, -0.25) is 14.5 Å². The quantitative estimate of drug-likeness (QED) is 0.822. The molecule has 2 aromatic rings. The average Bonchev–Trinajstić information content (AvgIpc) is 2.86. The van der Waals surface area contributed by atoms with Crippen LogP contribution < -0.4 is 5.32 Å². The molecule has 0 radical (unpaired) electrons. The van der Waals surface area contributed by atoms with Gasteiger partial charge in [0, 0.05) is 13.1 Å². The van der Waals surface area contributed by atoms with E-state index in [0.717, 1.165) is 6.54 Å². The van der Waals surface area contributed by atoms with Crippen LogP contribution in [0.3, 0.4) is 0 Å². The van der Waals surface area contributed by atoms with Gasteiger partial charge in [-0.25, -0.2) is 0 Å². The molecule has 2 amide bonds. The van der Waals surface area contributed by atoms with Gasteiger partial charge in [0.05, 0.1) is 29.9 Å². The first-order valence-corrected chi connectivity index (χ1v) is 8.50.